The van der Waals surface area contributed by atoms with Crippen molar-refractivity contribution in [3.05, 3.63) is 388 Å². The lowest BCUT2D eigenvalue weighted by Crippen LogP contribution is -2.06. The molecule has 0 amide bonds. The number of nitrogens with one attached hydrogen (secondary N) is 3. The van der Waals surface area contributed by atoms with Crippen LogP contribution in [0.15, 0.2) is 388 Å². The first-order valence-corrected chi connectivity index (χ1v) is 45.5. The standard InChI is InChI=1S/C39H23N5S.2C38H22N4S/c1-3-11-23(12-4-1)37-41-38(24-13-5-2-6-14-24)43-39(42-37)44-32-18-10-8-16-26(32)29-21-30-28-20-19-27-25-15-7-9-17-31(25)40-35(27)36(28)45-34(30)22-33(29)44;1-2-10-22(11-3-1)37-40-31-16-8-5-14-27(31)38(41-37)42-32-17-9-6-13-24(32)28-20-29-26-19-18-25-23-12-4-7-15-30(23)39-35(25)36(26)43-34(29)21-33(28)42;1-2-10-22(11-3-1)35-27-14-5-8-16-31(27)40-38(41-35)42-32-17-9-6-13-24(32)28-20-29-26-19-18-25-23-12-4-7-15-30(23)39-36(25)37(26)43-34(29)21-33(28)42/h1-22,40H;2*1-21,39H/i1D,2D,3D,4D,5D,6D,11D,12D,13D,14D;;. The molecule has 12 heterocycles. The fraction of sp³-hybridized carbons (Fsp3) is 0. The third-order valence-electron chi connectivity index (χ3n) is 25.7. The van der Waals surface area contributed by atoms with Gasteiger partial charge in [-0.2, -0.15) is 9.97 Å². The fourth-order valence-corrected chi connectivity index (χ4v) is 23.5. The Kier molecular flexibility index (Phi) is 14.1. The van der Waals surface area contributed by atoms with Gasteiger partial charge >= 0.3 is 0 Å². The Morgan fingerprint density at radius 3 is 1.02 bits per heavy atom. The number of benzene rings is 18. The van der Waals surface area contributed by atoms with Gasteiger partial charge in [-0.05, 0) is 91.0 Å². The highest BCUT2D eigenvalue weighted by molar-refractivity contribution is 7.27. The van der Waals surface area contributed by atoms with Gasteiger partial charge in [0.1, 0.15) is 5.82 Å². The number of nitrogens with zero attached hydrogens (tertiary/aromatic N) is 10. The Bertz CT molecular complexity index is 10600. The second-order valence-corrected chi connectivity index (χ2v) is 36.0. The maximum Gasteiger partial charge on any atom is 0.238 e. The van der Waals surface area contributed by atoms with Crippen LogP contribution in [0.2, 0.25) is 0 Å². The van der Waals surface area contributed by atoms with Gasteiger partial charge in [0.2, 0.25) is 11.9 Å². The number of rotatable bonds is 7. The average Bonchev–Trinajstić information content (AvgIpc) is 1.57. The monoisotopic (exact) mass is 1740 g/mol. The number of H-pyrrole nitrogens is 3. The Hall–Kier alpha value is -16.9. The number of fused-ring (bicyclic) bond motifs is 32. The Labute approximate surface area is 770 Å². The van der Waals surface area contributed by atoms with Gasteiger partial charge in [0, 0.05) is 161 Å². The van der Waals surface area contributed by atoms with Gasteiger partial charge in [0.25, 0.3) is 0 Å². The highest BCUT2D eigenvalue weighted by Crippen LogP contribution is 2.50. The summed E-state index contributed by atoms with van der Waals surface area (Å²) in [5.74, 6) is 1.63. The zero-order chi connectivity index (χ0) is 94.3. The molecule has 30 rings (SSSR count). The predicted molar refractivity (Wildman–Crippen MR) is 550 cm³/mol. The van der Waals surface area contributed by atoms with Crippen molar-refractivity contribution in [2.24, 2.45) is 0 Å². The van der Waals surface area contributed by atoms with Crippen molar-refractivity contribution in [1.82, 2.24) is 63.5 Å². The third-order valence-corrected chi connectivity index (χ3v) is 29.2. The predicted octanol–water partition coefficient (Wildman–Crippen LogP) is 31.1. The van der Waals surface area contributed by atoms with Gasteiger partial charge < -0.3 is 15.0 Å². The molecule has 0 atom stereocenters. The largest absolute Gasteiger partial charge is 0.353 e. The summed E-state index contributed by atoms with van der Waals surface area (Å²) in [4.78, 5) is 45.6. The van der Waals surface area contributed by atoms with Gasteiger partial charge in [-0.25, -0.2) is 24.9 Å². The van der Waals surface area contributed by atoms with E-state index in [-0.39, 0.29) is 28.7 Å². The summed E-state index contributed by atoms with van der Waals surface area (Å²) in [5, 5.41) is 23.3. The normalized spacial score (nSPS) is 13.2. The molecule has 0 bridgehead atoms. The molecule has 0 unspecified atom stereocenters. The van der Waals surface area contributed by atoms with Gasteiger partial charge in [-0.15, -0.1) is 34.0 Å². The van der Waals surface area contributed by atoms with Gasteiger partial charge in [-0.3, -0.25) is 13.7 Å². The number of thiophene rings is 3. The van der Waals surface area contributed by atoms with E-state index in [0.29, 0.717) is 17.0 Å². The summed E-state index contributed by atoms with van der Waals surface area (Å²) >= 11 is 5.35. The molecule has 0 spiro atoms. The quantitative estimate of drug-likeness (QED) is 0.144. The minimum Gasteiger partial charge on any atom is -0.353 e. The number of aromatic nitrogens is 13. The van der Waals surface area contributed by atoms with E-state index in [1.807, 2.05) is 102 Å². The van der Waals surface area contributed by atoms with Crippen molar-refractivity contribution in [3.8, 4) is 63.1 Å². The molecule has 0 aliphatic carbocycles. The van der Waals surface area contributed by atoms with E-state index in [1.165, 1.54) is 106 Å². The van der Waals surface area contributed by atoms with Crippen LogP contribution in [-0.2, 0) is 0 Å². The molecule has 610 valence electrons. The molecule has 13 nitrogen and oxygen atoms in total. The summed E-state index contributed by atoms with van der Waals surface area (Å²) in [7, 11) is 0. The van der Waals surface area contributed by atoms with Crippen molar-refractivity contribution in [2.45, 2.75) is 0 Å². The van der Waals surface area contributed by atoms with Crippen molar-refractivity contribution in [2.75, 3.05) is 0 Å². The molecule has 0 saturated heterocycles. The van der Waals surface area contributed by atoms with E-state index in [1.54, 1.807) is 15.9 Å². The molecule has 12 aromatic heterocycles. The summed E-state index contributed by atoms with van der Waals surface area (Å²) in [6, 6.07) is 109. The molecule has 0 radical (unpaired) electrons. The van der Waals surface area contributed by atoms with Crippen LogP contribution >= 0.6 is 34.0 Å². The van der Waals surface area contributed by atoms with Crippen molar-refractivity contribution in [3.63, 3.8) is 0 Å². The number of hydrogen-bond acceptors (Lipinski definition) is 10. The molecule has 18 aromatic carbocycles. The SMILES string of the molecule is [2H]c1c([2H])c([2H])c(-c2nc(-c3c([2H])c([2H])c([2H])c([2H])c3[2H])nc(-n3c4ccccc4c4cc5c(cc43)sc3c5ccc4c5ccccc5[nH]c43)n2)c([2H])c1[2H].c1ccc(-c2nc(-n3c4ccccc4c4cc5c(cc43)sc3c5ccc4c5ccccc5[nH]c43)c3ccccc3n2)cc1.c1ccc(-c2nc(-n3c4ccccc4c4cc5c(cc43)sc3c5ccc4c5ccccc5[nH]c43)nc3ccccc23)cc1. The van der Waals surface area contributed by atoms with Gasteiger partial charge in [-0.1, -0.05) is 297 Å². The smallest absolute Gasteiger partial charge is 0.238 e. The first kappa shape index (κ1) is 63.9. The highest BCUT2D eigenvalue weighted by atomic mass is 32.1. The first-order chi connectivity index (χ1) is 69.1. The summed E-state index contributed by atoms with van der Waals surface area (Å²) < 4.78 is 98.2. The van der Waals surface area contributed by atoms with Gasteiger partial charge in [0.05, 0.1) is 94.2 Å². The van der Waals surface area contributed by atoms with E-state index in [2.05, 4.69) is 278 Å². The lowest BCUT2D eigenvalue weighted by atomic mass is 10.1. The van der Waals surface area contributed by atoms with Crippen LogP contribution in [0, 0.1) is 0 Å². The van der Waals surface area contributed by atoms with Crippen LogP contribution in [0.25, 0.3) is 276 Å². The number of para-hydroxylation sites is 8. The van der Waals surface area contributed by atoms with Crippen LogP contribution < -0.4 is 0 Å². The highest BCUT2D eigenvalue weighted by Gasteiger charge is 2.27. The van der Waals surface area contributed by atoms with Gasteiger partial charge in [0.15, 0.2) is 17.5 Å². The average molecular weight is 1740 g/mol. The molecule has 3 N–H and O–H groups in total. The Morgan fingerprint density at radius 2 is 0.565 bits per heavy atom. The minimum atomic E-state index is -0.601. The van der Waals surface area contributed by atoms with E-state index in [0.717, 1.165) is 125 Å². The van der Waals surface area contributed by atoms with E-state index in [4.69, 9.17) is 43.6 Å². The molecule has 0 aliphatic rings. The third kappa shape index (κ3) is 11.4. The topological polar surface area (TPSA) is 152 Å². The zero-order valence-corrected chi connectivity index (χ0v) is 71.3. The van der Waals surface area contributed by atoms with Crippen LogP contribution in [0.5, 0.6) is 0 Å². The molecule has 0 fully saturated rings. The molecule has 30 aromatic rings. The van der Waals surface area contributed by atoms with Crippen LogP contribution in [0.3, 0.4) is 0 Å². The summed E-state index contributed by atoms with van der Waals surface area (Å²) in [6.45, 7) is 0. The summed E-state index contributed by atoms with van der Waals surface area (Å²) in [6.07, 6.45) is 0. The number of hydrogen-bond donors (Lipinski definition) is 3. The first-order valence-electron chi connectivity index (χ1n) is 48.0. The molecule has 0 aliphatic heterocycles. The maximum absolute atomic E-state index is 8.73. The van der Waals surface area contributed by atoms with Crippen LogP contribution in [-0.4, -0.2) is 63.5 Å². The minimum absolute atomic E-state index is 0.0386. The number of aromatic amines is 3. The molecule has 0 saturated carbocycles. The van der Waals surface area contributed by atoms with E-state index < -0.39 is 60.4 Å². The fourth-order valence-electron chi connectivity index (χ4n) is 19.8. The van der Waals surface area contributed by atoms with Crippen LogP contribution in [0.1, 0.15) is 13.7 Å². The van der Waals surface area contributed by atoms with Crippen LogP contribution in [0.4, 0.5) is 0 Å². The molecular weight excluding hydrogens is 1660 g/mol. The maximum atomic E-state index is 8.73. The second kappa shape index (κ2) is 28.8. The zero-order valence-electron chi connectivity index (χ0n) is 78.9. The lowest BCUT2D eigenvalue weighted by molar-refractivity contribution is 0.954. The molecular formula is C115H67N13S3. The second-order valence-electron chi connectivity index (χ2n) is 32.9. The lowest BCUT2D eigenvalue weighted by Gasteiger charge is -2.12. The Morgan fingerprint density at radius 1 is 0.221 bits per heavy atom. The van der Waals surface area contributed by atoms with E-state index >= 15 is 0 Å². The molecule has 16 heteroatoms. The van der Waals surface area contributed by atoms with Crippen molar-refractivity contribution >= 4 is 247 Å². The Balaban J connectivity index is 0.000000105. The van der Waals surface area contributed by atoms with Crippen molar-refractivity contribution < 1.29 is 13.7 Å². The van der Waals surface area contributed by atoms with E-state index in [9.17, 15) is 0 Å². The summed E-state index contributed by atoms with van der Waals surface area (Å²) in [5.41, 5.74) is 17.0. The van der Waals surface area contributed by atoms with Crippen molar-refractivity contribution in [1.29, 1.82) is 0 Å². The molecule has 131 heavy (non-hydrogen) atoms.